The van der Waals surface area contributed by atoms with E-state index in [1.54, 1.807) is 33.9 Å². The summed E-state index contributed by atoms with van der Waals surface area (Å²) in [5.41, 5.74) is 8.16. The molecule has 0 saturated heterocycles. The Balaban J connectivity index is 2.19. The van der Waals surface area contributed by atoms with Crippen molar-refractivity contribution in [2.75, 3.05) is 5.73 Å². The standard InChI is InChI=1S/C15H12NO.3C4H9.Sn/c16-14-9-7-13(8-10-14)15(17)11-6-12-4-2-1-3-5-12;3*1-3-4-2;/h2-11H,16H2;3*1,3-4H2,2H3;. The van der Waals surface area contributed by atoms with Crippen LogP contribution in [0.5, 0.6) is 0 Å². The predicted octanol–water partition coefficient (Wildman–Crippen LogP) is 7.22. The number of anilines is 1. The number of allylic oxidation sites excluding steroid dienone is 1. The molecule has 0 aliphatic heterocycles. The van der Waals surface area contributed by atoms with Crippen LogP contribution in [-0.2, 0) is 0 Å². The molecule has 0 aliphatic carbocycles. The van der Waals surface area contributed by atoms with Crippen molar-refractivity contribution in [1.82, 2.24) is 0 Å². The molecule has 3 heteroatoms. The number of hydrogen-bond acceptors (Lipinski definition) is 2. The molecule has 0 amide bonds. The summed E-state index contributed by atoms with van der Waals surface area (Å²) in [5, 5.41) is 0. The zero-order valence-corrected chi connectivity index (χ0v) is 22.0. The van der Waals surface area contributed by atoms with Crippen molar-refractivity contribution in [3.05, 3.63) is 65.7 Å². The van der Waals surface area contributed by atoms with Gasteiger partial charge in [-0.05, 0) is 0 Å². The van der Waals surface area contributed by atoms with Gasteiger partial charge in [0.1, 0.15) is 0 Å². The Bertz CT molecular complexity index is 771. The van der Waals surface area contributed by atoms with E-state index in [9.17, 15) is 4.79 Å². The van der Waals surface area contributed by atoms with Gasteiger partial charge in [0.15, 0.2) is 0 Å². The van der Waals surface area contributed by atoms with E-state index in [1.165, 1.54) is 51.8 Å². The van der Waals surface area contributed by atoms with E-state index in [2.05, 4.69) is 45.0 Å². The third-order valence-electron chi connectivity index (χ3n) is 6.17. The van der Waals surface area contributed by atoms with Gasteiger partial charge in [-0.2, -0.15) is 0 Å². The summed E-state index contributed by atoms with van der Waals surface area (Å²) >= 11 is -2.36. The van der Waals surface area contributed by atoms with Crippen molar-refractivity contribution in [1.29, 1.82) is 0 Å². The molecule has 2 N–H and O–H groups in total. The number of benzene rings is 2. The van der Waals surface area contributed by atoms with Gasteiger partial charge in [0, 0.05) is 0 Å². The van der Waals surface area contributed by atoms with Gasteiger partial charge in [-0.1, -0.05) is 0 Å². The van der Waals surface area contributed by atoms with Crippen LogP contribution >= 0.6 is 0 Å². The first-order valence-corrected chi connectivity index (χ1v) is 19.2. The summed E-state index contributed by atoms with van der Waals surface area (Å²) in [5.74, 6) is 0.0152. The molecule has 0 spiro atoms. The molecule has 0 fully saturated rings. The number of carbonyl (C=O) groups is 1. The zero-order chi connectivity index (χ0) is 21.8. The van der Waals surface area contributed by atoms with Crippen LogP contribution in [0.2, 0.25) is 13.3 Å². The second-order valence-electron chi connectivity index (χ2n) is 8.53. The molecule has 2 rings (SSSR count). The summed E-state index contributed by atoms with van der Waals surface area (Å²) < 4.78 is 6.13. The Morgan fingerprint density at radius 1 is 0.800 bits per heavy atom. The van der Waals surface area contributed by atoms with Crippen molar-refractivity contribution in [3.63, 3.8) is 0 Å². The molecular formula is C27H39NOSn. The second kappa shape index (κ2) is 13.0. The number of unbranched alkanes of at least 4 members (excludes halogenated alkanes) is 3. The third-order valence-corrected chi connectivity index (χ3v) is 21.8. The van der Waals surface area contributed by atoms with E-state index >= 15 is 0 Å². The summed E-state index contributed by atoms with van der Waals surface area (Å²) in [6, 6.07) is 16.3. The molecule has 2 aromatic rings. The molecule has 2 nitrogen and oxygen atoms in total. The Morgan fingerprint density at radius 3 is 1.77 bits per heavy atom. The van der Waals surface area contributed by atoms with Gasteiger partial charge in [-0.3, -0.25) is 0 Å². The van der Waals surface area contributed by atoms with Gasteiger partial charge in [0.05, 0.1) is 0 Å². The Kier molecular flexibility index (Phi) is 10.7. The topological polar surface area (TPSA) is 43.1 Å². The van der Waals surface area contributed by atoms with Crippen LogP contribution in [0.4, 0.5) is 5.69 Å². The SMILES string of the molecule is CCC[CH2][Sn]([CH2]CCC)([CH2]CCC)[c]1ccc(C=CC(=O)c2ccc(N)cc2)cc1. The van der Waals surface area contributed by atoms with Crippen LogP contribution in [0.15, 0.2) is 54.6 Å². The minimum absolute atomic E-state index is 0.0152. The molecule has 0 radical (unpaired) electrons. The number of nitrogen functional groups attached to an aromatic ring is 1. The Hall–Kier alpha value is -1.55. The summed E-state index contributed by atoms with van der Waals surface area (Å²) in [4.78, 5) is 12.4. The first-order chi connectivity index (χ1) is 14.5. The molecule has 0 aliphatic rings. The molecule has 0 aromatic heterocycles. The van der Waals surface area contributed by atoms with Gasteiger partial charge < -0.3 is 0 Å². The summed E-state index contributed by atoms with van der Waals surface area (Å²) in [6.45, 7) is 6.97. The average Bonchev–Trinajstić information content (AvgIpc) is 2.78. The summed E-state index contributed by atoms with van der Waals surface area (Å²) in [7, 11) is 0. The van der Waals surface area contributed by atoms with Gasteiger partial charge in [0.2, 0.25) is 0 Å². The van der Waals surface area contributed by atoms with Gasteiger partial charge in [0.25, 0.3) is 0 Å². The van der Waals surface area contributed by atoms with Crippen LogP contribution in [0, 0.1) is 0 Å². The average molecular weight is 512 g/mol. The second-order valence-corrected chi connectivity index (χ2v) is 21.8. The molecule has 0 atom stereocenters. The zero-order valence-electron chi connectivity index (χ0n) is 19.1. The maximum atomic E-state index is 12.4. The number of rotatable bonds is 13. The first kappa shape index (κ1) is 24.7. The van der Waals surface area contributed by atoms with E-state index in [0.29, 0.717) is 11.3 Å². The molecule has 162 valence electrons. The molecule has 2 aromatic carbocycles. The normalized spacial score (nSPS) is 11.8. The van der Waals surface area contributed by atoms with Crippen molar-refractivity contribution < 1.29 is 4.79 Å². The molecule has 0 saturated carbocycles. The van der Waals surface area contributed by atoms with Crippen LogP contribution in [0.1, 0.15) is 75.2 Å². The van der Waals surface area contributed by atoms with Crippen molar-refractivity contribution in [3.8, 4) is 0 Å². The monoisotopic (exact) mass is 513 g/mol. The Morgan fingerprint density at radius 2 is 1.30 bits per heavy atom. The summed E-state index contributed by atoms with van der Waals surface area (Å²) in [6.07, 6.45) is 11.6. The van der Waals surface area contributed by atoms with E-state index in [4.69, 9.17) is 5.73 Å². The Labute approximate surface area is 187 Å². The molecule has 0 heterocycles. The first-order valence-electron chi connectivity index (χ1n) is 11.7. The van der Waals surface area contributed by atoms with Crippen molar-refractivity contribution in [2.45, 2.75) is 72.6 Å². The molecule has 0 bridgehead atoms. The predicted molar refractivity (Wildman–Crippen MR) is 135 cm³/mol. The third kappa shape index (κ3) is 7.30. The van der Waals surface area contributed by atoms with E-state index in [-0.39, 0.29) is 5.78 Å². The fraction of sp³-hybridized carbons (Fsp3) is 0.444. The minimum atomic E-state index is -2.36. The molecular weight excluding hydrogens is 473 g/mol. The fourth-order valence-corrected chi connectivity index (χ4v) is 20.1. The van der Waals surface area contributed by atoms with Crippen LogP contribution in [-0.4, -0.2) is 24.2 Å². The quantitative estimate of drug-likeness (QED) is 0.133. The maximum absolute atomic E-state index is 12.4. The van der Waals surface area contributed by atoms with E-state index < -0.39 is 18.4 Å². The van der Waals surface area contributed by atoms with E-state index in [1.807, 2.05) is 6.08 Å². The number of nitrogens with two attached hydrogens (primary N) is 1. The number of carbonyl (C=O) groups excluding carboxylic acids is 1. The van der Waals surface area contributed by atoms with E-state index in [0.717, 1.165) is 5.56 Å². The fourth-order valence-electron chi connectivity index (χ4n) is 4.22. The number of hydrogen-bond donors (Lipinski definition) is 1. The van der Waals surface area contributed by atoms with Crippen molar-refractivity contribution >= 4 is 39.5 Å². The van der Waals surface area contributed by atoms with Gasteiger partial charge in [-0.15, -0.1) is 0 Å². The molecule has 30 heavy (non-hydrogen) atoms. The van der Waals surface area contributed by atoms with Gasteiger partial charge in [-0.25, -0.2) is 0 Å². The van der Waals surface area contributed by atoms with Crippen molar-refractivity contribution in [2.24, 2.45) is 0 Å². The molecule has 0 unspecified atom stereocenters. The van der Waals surface area contributed by atoms with Crippen LogP contribution in [0.3, 0.4) is 0 Å². The van der Waals surface area contributed by atoms with Crippen LogP contribution < -0.4 is 9.31 Å². The van der Waals surface area contributed by atoms with Crippen LogP contribution in [0.25, 0.3) is 6.08 Å². The number of ketones is 1. The van der Waals surface area contributed by atoms with Gasteiger partial charge >= 0.3 is 188 Å².